The maximum atomic E-state index is 11.7. The first-order valence-electron chi connectivity index (χ1n) is 9.04. The molecular formula is C21H23Cl2NO3. The van der Waals surface area contributed by atoms with Gasteiger partial charge in [0.2, 0.25) is 6.73 Å². The molecule has 0 aromatic heterocycles. The third-order valence-corrected chi connectivity index (χ3v) is 5.73. The fourth-order valence-electron chi connectivity index (χ4n) is 4.24. The third-order valence-electron chi connectivity index (χ3n) is 5.50. The van der Waals surface area contributed by atoms with Crippen LogP contribution >= 0.6 is 11.6 Å². The molecule has 0 radical (unpaired) electrons. The minimum absolute atomic E-state index is 0. The molecule has 2 aromatic carbocycles. The number of likely N-dealkylation sites (tertiary alicyclic amines) is 1. The molecule has 0 bridgehead atoms. The van der Waals surface area contributed by atoms with Crippen LogP contribution in [0.15, 0.2) is 42.5 Å². The summed E-state index contributed by atoms with van der Waals surface area (Å²) in [6.45, 7) is 4.00. The Kier molecular flexibility index (Phi) is 5.71. The van der Waals surface area contributed by atoms with Crippen molar-refractivity contribution in [2.24, 2.45) is 0 Å². The van der Waals surface area contributed by atoms with E-state index in [1.165, 1.54) is 5.56 Å². The molecule has 3 unspecified atom stereocenters. The number of hydrogen-bond acceptors (Lipinski definition) is 3. The lowest BCUT2D eigenvalue weighted by atomic mass is 9.84. The number of hydrogen-bond donors (Lipinski definition) is 0. The van der Waals surface area contributed by atoms with E-state index in [0.717, 1.165) is 35.2 Å². The van der Waals surface area contributed by atoms with Crippen LogP contribution in [0.5, 0.6) is 11.5 Å². The molecule has 144 valence electrons. The van der Waals surface area contributed by atoms with Crippen LogP contribution in [0.1, 0.15) is 36.3 Å². The highest BCUT2D eigenvalue weighted by molar-refractivity contribution is 6.30. The van der Waals surface area contributed by atoms with E-state index in [1.54, 1.807) is 0 Å². The summed E-state index contributed by atoms with van der Waals surface area (Å²) in [5.41, 5.74) is 2.36. The molecule has 4 nitrogen and oxygen atoms in total. The van der Waals surface area contributed by atoms with E-state index >= 15 is 0 Å². The Bertz CT molecular complexity index is 857. The van der Waals surface area contributed by atoms with Crippen molar-refractivity contribution < 1.29 is 31.2 Å². The molecule has 0 amide bonds. The molecule has 2 heterocycles. The summed E-state index contributed by atoms with van der Waals surface area (Å²) < 4.78 is 12.4. The highest BCUT2D eigenvalue weighted by Gasteiger charge is 2.47. The van der Waals surface area contributed by atoms with Crippen molar-refractivity contribution in [2.75, 3.05) is 26.9 Å². The van der Waals surface area contributed by atoms with Gasteiger partial charge >= 0.3 is 5.97 Å². The van der Waals surface area contributed by atoms with Crippen LogP contribution in [0.2, 0.25) is 5.02 Å². The number of rotatable bonds is 3. The minimum Gasteiger partial charge on any atom is -1.00 e. The molecule has 2 aromatic rings. The second-order valence-electron chi connectivity index (χ2n) is 7.52. The summed E-state index contributed by atoms with van der Waals surface area (Å²) in [7, 11) is 2.16. The Labute approximate surface area is 171 Å². The van der Waals surface area contributed by atoms with Crippen LogP contribution in [0.25, 0.3) is 0 Å². The Balaban J connectivity index is 0.00000210. The van der Waals surface area contributed by atoms with Gasteiger partial charge in [-0.15, -0.1) is 0 Å². The Morgan fingerprint density at radius 3 is 2.56 bits per heavy atom. The molecule has 27 heavy (non-hydrogen) atoms. The number of ether oxygens (including phenoxy) is 2. The van der Waals surface area contributed by atoms with Gasteiger partial charge in [0, 0.05) is 34.4 Å². The molecule has 6 heteroatoms. The monoisotopic (exact) mass is 407 g/mol. The summed E-state index contributed by atoms with van der Waals surface area (Å²) >= 11 is 6.29. The SMILES string of the molecule is CCC(=O)OC[N+]1(C)CC2c3ccccc3Oc3ccc(Cl)cc3C2C1.[Cl-]. The predicted molar refractivity (Wildman–Crippen MR) is 101 cm³/mol. The van der Waals surface area contributed by atoms with Gasteiger partial charge in [0.1, 0.15) is 11.5 Å². The molecule has 0 N–H and O–H groups in total. The molecule has 1 saturated heterocycles. The Hall–Kier alpha value is -1.75. The average Bonchev–Trinajstić information content (AvgIpc) is 2.94. The maximum Gasteiger partial charge on any atom is 0.309 e. The van der Waals surface area contributed by atoms with Crippen molar-refractivity contribution >= 4 is 17.6 Å². The lowest BCUT2D eigenvalue weighted by molar-refractivity contribution is -0.915. The maximum absolute atomic E-state index is 11.7. The van der Waals surface area contributed by atoms with Gasteiger partial charge < -0.3 is 21.9 Å². The number of para-hydroxylation sites is 1. The molecule has 3 atom stereocenters. The van der Waals surface area contributed by atoms with Crippen LogP contribution in [0.3, 0.4) is 0 Å². The number of benzene rings is 2. The zero-order chi connectivity index (χ0) is 18.3. The number of halogens is 2. The highest BCUT2D eigenvalue weighted by Crippen LogP contribution is 2.51. The first kappa shape index (κ1) is 20.0. The summed E-state index contributed by atoms with van der Waals surface area (Å²) in [5.74, 6) is 2.20. The second-order valence-corrected chi connectivity index (χ2v) is 7.96. The zero-order valence-corrected chi connectivity index (χ0v) is 17.0. The number of quaternary nitrogens is 1. The van der Waals surface area contributed by atoms with E-state index < -0.39 is 0 Å². The van der Waals surface area contributed by atoms with Gasteiger partial charge in [-0.2, -0.15) is 0 Å². The van der Waals surface area contributed by atoms with Gasteiger partial charge in [-0.3, -0.25) is 9.28 Å². The lowest BCUT2D eigenvalue weighted by Crippen LogP contribution is -3.00. The largest absolute Gasteiger partial charge is 1.00 e. The van der Waals surface area contributed by atoms with E-state index in [4.69, 9.17) is 21.1 Å². The Morgan fingerprint density at radius 1 is 1.15 bits per heavy atom. The number of carbonyl (C=O) groups excluding carboxylic acids is 1. The number of fused-ring (bicyclic) bond motifs is 5. The highest BCUT2D eigenvalue weighted by atomic mass is 35.5. The molecular weight excluding hydrogens is 385 g/mol. The molecule has 2 aliphatic rings. The lowest BCUT2D eigenvalue weighted by Gasteiger charge is -2.29. The Morgan fingerprint density at radius 2 is 1.81 bits per heavy atom. The third kappa shape index (κ3) is 3.79. The van der Waals surface area contributed by atoms with Gasteiger partial charge in [0.15, 0.2) is 0 Å². The molecule has 0 spiro atoms. The van der Waals surface area contributed by atoms with Gasteiger partial charge in [-0.05, 0) is 24.3 Å². The quantitative estimate of drug-likeness (QED) is 0.573. The molecule has 2 aliphatic heterocycles. The van der Waals surface area contributed by atoms with E-state index in [9.17, 15) is 4.79 Å². The standard InChI is InChI=1S/C21H23ClNO3.ClH/c1-3-21(24)25-13-23(2)11-17-15-6-4-5-7-19(15)26-20-9-8-14(22)10-16(20)18(17)12-23;/h4-10,17-18H,3,11-13H2,1-2H3;1H/q+1;/p-1. The smallest absolute Gasteiger partial charge is 0.309 e. The van der Waals surface area contributed by atoms with Crippen molar-refractivity contribution in [2.45, 2.75) is 25.2 Å². The van der Waals surface area contributed by atoms with E-state index in [2.05, 4.69) is 19.2 Å². The van der Waals surface area contributed by atoms with E-state index in [1.807, 2.05) is 37.3 Å². The van der Waals surface area contributed by atoms with Crippen LogP contribution in [-0.2, 0) is 9.53 Å². The zero-order valence-electron chi connectivity index (χ0n) is 15.5. The summed E-state index contributed by atoms with van der Waals surface area (Å²) in [6.07, 6.45) is 0.405. The summed E-state index contributed by atoms with van der Waals surface area (Å²) in [4.78, 5) is 11.7. The van der Waals surface area contributed by atoms with Gasteiger partial charge in [0.05, 0.1) is 20.1 Å². The summed E-state index contributed by atoms with van der Waals surface area (Å²) in [5, 5.41) is 0.718. The number of nitrogens with zero attached hydrogens (tertiary/aromatic N) is 1. The van der Waals surface area contributed by atoms with E-state index in [-0.39, 0.29) is 24.3 Å². The number of esters is 1. The number of likely N-dealkylation sites (N-methyl/N-ethyl adjacent to an activating group) is 1. The molecule has 1 fully saturated rings. The normalized spacial score (nSPS) is 25.1. The second kappa shape index (κ2) is 7.70. The van der Waals surface area contributed by atoms with Crippen molar-refractivity contribution in [3.63, 3.8) is 0 Å². The van der Waals surface area contributed by atoms with Crippen molar-refractivity contribution in [3.05, 3.63) is 58.6 Å². The fourth-order valence-corrected chi connectivity index (χ4v) is 4.43. The predicted octanol–water partition coefficient (Wildman–Crippen LogP) is 1.69. The van der Waals surface area contributed by atoms with Gasteiger partial charge in [0.25, 0.3) is 0 Å². The average molecular weight is 408 g/mol. The topological polar surface area (TPSA) is 35.5 Å². The van der Waals surface area contributed by atoms with Gasteiger partial charge in [-0.1, -0.05) is 36.7 Å². The van der Waals surface area contributed by atoms with Crippen LogP contribution in [-0.4, -0.2) is 37.3 Å². The first-order valence-corrected chi connectivity index (χ1v) is 9.42. The van der Waals surface area contributed by atoms with Crippen LogP contribution < -0.4 is 17.1 Å². The van der Waals surface area contributed by atoms with Gasteiger partial charge in [-0.25, -0.2) is 0 Å². The first-order chi connectivity index (χ1) is 12.5. The van der Waals surface area contributed by atoms with E-state index in [0.29, 0.717) is 23.6 Å². The molecule has 0 saturated carbocycles. The van der Waals surface area contributed by atoms with Crippen molar-refractivity contribution in [1.82, 2.24) is 0 Å². The summed E-state index contributed by atoms with van der Waals surface area (Å²) in [6, 6.07) is 14.1. The minimum atomic E-state index is -0.149. The fraction of sp³-hybridized carbons (Fsp3) is 0.381. The van der Waals surface area contributed by atoms with Crippen LogP contribution in [0.4, 0.5) is 0 Å². The number of carbonyl (C=O) groups is 1. The molecule has 0 aliphatic carbocycles. The molecule has 4 rings (SSSR count). The van der Waals surface area contributed by atoms with Crippen molar-refractivity contribution in [1.29, 1.82) is 0 Å². The van der Waals surface area contributed by atoms with Crippen LogP contribution in [0, 0.1) is 0 Å². The van der Waals surface area contributed by atoms with Crippen molar-refractivity contribution in [3.8, 4) is 11.5 Å².